The summed E-state index contributed by atoms with van der Waals surface area (Å²) in [4.78, 5) is 0. The van der Waals surface area contributed by atoms with E-state index in [2.05, 4.69) is 52.2 Å². The summed E-state index contributed by atoms with van der Waals surface area (Å²) >= 11 is 2.13. The van der Waals surface area contributed by atoms with E-state index in [1.807, 2.05) is 0 Å². The minimum absolute atomic E-state index is 0. The topological polar surface area (TPSA) is 9.23 Å². The van der Waals surface area contributed by atoms with Gasteiger partial charge in [0.2, 0.25) is 0 Å². The molecule has 0 unspecified atom stereocenters. The third kappa shape index (κ3) is 5.97. The van der Waals surface area contributed by atoms with Gasteiger partial charge in [0, 0.05) is 0 Å². The second-order valence-electron chi connectivity index (χ2n) is 3.66. The molecule has 0 saturated heterocycles. The van der Waals surface area contributed by atoms with Crippen LogP contribution in [-0.2, 0) is 24.9 Å². The van der Waals surface area contributed by atoms with Crippen molar-refractivity contribution in [2.75, 3.05) is 0 Å². The third-order valence-electron chi connectivity index (χ3n) is 1.30. The molecule has 0 bridgehead atoms. The van der Waals surface area contributed by atoms with Gasteiger partial charge in [0.15, 0.2) is 0 Å². The van der Waals surface area contributed by atoms with Crippen LogP contribution >= 0.6 is 0 Å². The Labute approximate surface area is 105 Å². The van der Waals surface area contributed by atoms with Gasteiger partial charge in [-0.3, -0.25) is 0 Å². The molecule has 0 saturated carbocycles. The Balaban J connectivity index is 0. The average molecular weight is 272 g/mol. The van der Waals surface area contributed by atoms with E-state index in [0.717, 1.165) is 12.2 Å². The fourth-order valence-electron chi connectivity index (χ4n) is 0.910. The van der Waals surface area contributed by atoms with Crippen LogP contribution in [0.15, 0.2) is 21.8 Å². The zero-order chi connectivity index (χ0) is 8.48. The van der Waals surface area contributed by atoms with Crippen molar-refractivity contribution in [1.29, 1.82) is 0 Å². The van der Waals surface area contributed by atoms with Crippen molar-refractivity contribution in [3.8, 4) is 0 Å². The smallest absolute Gasteiger partial charge is 1.00 e. The molecule has 0 aliphatic heterocycles. The predicted molar refractivity (Wildman–Crippen MR) is 45.2 cm³/mol. The van der Waals surface area contributed by atoms with E-state index in [4.69, 9.17) is 4.43 Å². The molecule has 0 heterocycles. The monoisotopic (exact) mass is 271 g/mol. The maximum Gasteiger partial charge on any atom is -1.00 e. The van der Waals surface area contributed by atoms with Gasteiger partial charge in [-0.2, -0.15) is 0 Å². The summed E-state index contributed by atoms with van der Waals surface area (Å²) in [6.07, 6.45) is 5.32. The molecule has 73 valence electrons. The Hall–Kier alpha value is 0.791. The molecule has 0 aromatic heterocycles. The van der Waals surface area contributed by atoms with Gasteiger partial charge in [0.25, 0.3) is 0 Å². The van der Waals surface area contributed by atoms with Crippen molar-refractivity contribution in [2.45, 2.75) is 26.1 Å². The number of allylic oxidation sites excluding steroid dienone is 3. The first-order chi connectivity index (χ1) is 4.99. The molecule has 13 heavy (non-hydrogen) atoms. The molecule has 1 aliphatic rings. The summed E-state index contributed by atoms with van der Waals surface area (Å²) < 4.78 is 7.21. The van der Waals surface area contributed by atoms with Crippen molar-refractivity contribution < 1.29 is 49.7 Å². The maximum absolute atomic E-state index is 5.84. The Morgan fingerprint density at radius 2 is 1.85 bits per heavy atom. The Morgan fingerprint density at radius 1 is 1.31 bits per heavy atom. The SMILES string of the molecule is C[Si](C)(C)OC1=[C]([Ti+2])CC=C1.[Cl-].[Cl-]. The first kappa shape index (κ1) is 16.2. The molecule has 0 aromatic carbocycles. The van der Waals surface area contributed by atoms with Crippen molar-refractivity contribution in [1.82, 2.24) is 0 Å². The molecule has 0 N–H and O–H groups in total. The molecule has 5 heteroatoms. The van der Waals surface area contributed by atoms with Gasteiger partial charge in [-0.15, -0.1) is 0 Å². The first-order valence-corrected chi connectivity index (χ1v) is 7.98. The van der Waals surface area contributed by atoms with Crippen molar-refractivity contribution in [2.24, 2.45) is 0 Å². The summed E-state index contributed by atoms with van der Waals surface area (Å²) in [6.45, 7) is 6.62. The summed E-state index contributed by atoms with van der Waals surface area (Å²) in [7, 11) is -1.37. The van der Waals surface area contributed by atoms with Crippen LogP contribution in [-0.4, -0.2) is 8.32 Å². The predicted octanol–water partition coefficient (Wildman–Crippen LogP) is -3.44. The van der Waals surface area contributed by atoms with Crippen LogP contribution in [0.4, 0.5) is 0 Å². The van der Waals surface area contributed by atoms with Crippen molar-refractivity contribution in [3.05, 3.63) is 21.8 Å². The van der Waals surface area contributed by atoms with E-state index in [1.54, 1.807) is 0 Å². The van der Waals surface area contributed by atoms with E-state index in [1.165, 1.54) is 3.88 Å². The van der Waals surface area contributed by atoms with Crippen molar-refractivity contribution >= 4 is 8.32 Å². The average Bonchev–Trinajstić information content (AvgIpc) is 2.12. The van der Waals surface area contributed by atoms with E-state index in [-0.39, 0.29) is 24.8 Å². The first-order valence-electron chi connectivity index (χ1n) is 3.79. The van der Waals surface area contributed by atoms with Crippen LogP contribution in [0.3, 0.4) is 0 Å². The molecule has 1 rings (SSSR count). The minimum Gasteiger partial charge on any atom is -1.00 e. The number of hydrogen-bond acceptors (Lipinski definition) is 1. The van der Waals surface area contributed by atoms with E-state index in [9.17, 15) is 0 Å². The molecule has 1 nitrogen and oxygen atoms in total. The summed E-state index contributed by atoms with van der Waals surface area (Å²) in [6, 6.07) is 0. The Kier molecular flexibility index (Phi) is 7.87. The molecular formula is C8H13Cl2OSiTi. The van der Waals surface area contributed by atoms with Gasteiger partial charge in [-0.05, 0) is 0 Å². The number of hydrogen-bond donors (Lipinski definition) is 0. The molecule has 0 atom stereocenters. The summed E-state index contributed by atoms with van der Waals surface area (Å²) in [5, 5.41) is 0. The van der Waals surface area contributed by atoms with Gasteiger partial charge in [0.1, 0.15) is 0 Å². The van der Waals surface area contributed by atoms with Gasteiger partial charge < -0.3 is 24.8 Å². The van der Waals surface area contributed by atoms with E-state index in [0.29, 0.717) is 0 Å². The Morgan fingerprint density at radius 3 is 2.15 bits per heavy atom. The second-order valence-corrected chi connectivity index (χ2v) is 9.04. The van der Waals surface area contributed by atoms with Crippen molar-refractivity contribution in [3.63, 3.8) is 0 Å². The molecule has 0 aromatic rings. The number of rotatable bonds is 2. The normalized spacial score (nSPS) is 15.2. The third-order valence-corrected chi connectivity index (χ3v) is 2.84. The van der Waals surface area contributed by atoms with Gasteiger partial charge in [-0.1, -0.05) is 0 Å². The Bertz CT molecular complexity index is 221. The molecule has 1 aliphatic carbocycles. The van der Waals surface area contributed by atoms with Crippen LogP contribution < -0.4 is 24.8 Å². The largest absolute Gasteiger partial charge is 1.00 e. The molecule has 0 radical (unpaired) electrons. The molecule has 0 fully saturated rings. The van der Waals surface area contributed by atoms with Gasteiger partial charge in [0.05, 0.1) is 0 Å². The molecule has 0 spiro atoms. The minimum atomic E-state index is -1.37. The maximum atomic E-state index is 5.84. The fourth-order valence-corrected chi connectivity index (χ4v) is 2.31. The zero-order valence-electron chi connectivity index (χ0n) is 8.03. The molecule has 0 amide bonds. The van der Waals surface area contributed by atoms with Gasteiger partial charge >= 0.3 is 81.0 Å². The van der Waals surface area contributed by atoms with Crippen LogP contribution in [0.1, 0.15) is 6.42 Å². The van der Waals surface area contributed by atoms with Crippen LogP contribution in [0.25, 0.3) is 0 Å². The van der Waals surface area contributed by atoms with Crippen LogP contribution in [0, 0.1) is 0 Å². The summed E-state index contributed by atoms with van der Waals surface area (Å²) in [5.74, 6) is 1.11. The van der Waals surface area contributed by atoms with Crippen LogP contribution in [0.2, 0.25) is 19.6 Å². The standard InChI is InChI=1S/C8H13OSi.2ClH.Ti/c1-10(2,3)9-8-6-4-5-7-8;;;/h4,6H,5H2,1-3H3;2*1H;/q;;;+2/p-2. The summed E-state index contributed by atoms with van der Waals surface area (Å²) in [5.41, 5.74) is 0. The molecular weight excluding hydrogens is 259 g/mol. The fraction of sp³-hybridized carbons (Fsp3) is 0.500. The van der Waals surface area contributed by atoms with Gasteiger partial charge in [-0.25, -0.2) is 0 Å². The quantitative estimate of drug-likeness (QED) is 0.475. The van der Waals surface area contributed by atoms with E-state index >= 15 is 0 Å². The van der Waals surface area contributed by atoms with E-state index < -0.39 is 8.32 Å². The zero-order valence-corrected chi connectivity index (χ0v) is 12.1. The van der Waals surface area contributed by atoms with Crippen LogP contribution in [0.5, 0.6) is 0 Å². The number of halogens is 2. The second kappa shape index (κ2) is 6.31.